The number of anilines is 2. The molecule has 2 heterocycles. The molecule has 0 unspecified atom stereocenters. The van der Waals surface area contributed by atoms with Gasteiger partial charge < -0.3 is 40.2 Å². The number of ether oxygens (including phenoxy) is 1. The number of carboxylic acid groups (broad SMARTS) is 1. The van der Waals surface area contributed by atoms with Gasteiger partial charge in [0.25, 0.3) is 0 Å². The minimum atomic E-state index is -1.43. The number of fused-ring (bicyclic) bond motifs is 1. The molecule has 0 spiro atoms. The number of aromatic nitrogens is 1. The summed E-state index contributed by atoms with van der Waals surface area (Å²) in [5, 5.41) is 17.4. The van der Waals surface area contributed by atoms with Crippen LogP contribution in [-0.2, 0) is 32.3 Å². The lowest BCUT2D eigenvalue weighted by molar-refractivity contribution is -0.142. The van der Waals surface area contributed by atoms with Crippen molar-refractivity contribution >= 4 is 52.1 Å². The van der Waals surface area contributed by atoms with E-state index in [4.69, 9.17) is 4.74 Å². The molecule has 1 saturated heterocycles. The van der Waals surface area contributed by atoms with Gasteiger partial charge >= 0.3 is 12.1 Å². The number of halogens is 1. The van der Waals surface area contributed by atoms with Gasteiger partial charge in [-0.2, -0.15) is 0 Å². The molecule has 0 saturated carbocycles. The van der Waals surface area contributed by atoms with Gasteiger partial charge in [0.1, 0.15) is 23.4 Å². The fourth-order valence-corrected chi connectivity index (χ4v) is 6.00. The Morgan fingerprint density at radius 3 is 2.24 bits per heavy atom. The van der Waals surface area contributed by atoms with E-state index in [9.17, 15) is 33.9 Å². The van der Waals surface area contributed by atoms with Crippen molar-refractivity contribution in [2.75, 3.05) is 42.9 Å². The van der Waals surface area contributed by atoms with Crippen LogP contribution in [0.1, 0.15) is 55.2 Å². The Morgan fingerprint density at radius 1 is 0.944 bits per heavy atom. The zero-order chi connectivity index (χ0) is 39.2. The molecular formula is C39H43FN6O8. The van der Waals surface area contributed by atoms with Crippen LogP contribution in [0.2, 0.25) is 0 Å². The highest BCUT2D eigenvalue weighted by atomic mass is 19.1. The second-order valence-electron chi connectivity index (χ2n) is 13.5. The number of carbonyl (C=O) groups excluding carboxylic acids is 4. The largest absolute Gasteiger partial charge is 0.477 e. The third kappa shape index (κ3) is 8.85. The molecule has 1 aromatic heterocycles. The van der Waals surface area contributed by atoms with Crippen LogP contribution in [0.5, 0.6) is 0 Å². The monoisotopic (exact) mass is 742 g/mol. The molecule has 14 nitrogen and oxygen atoms in total. The van der Waals surface area contributed by atoms with E-state index in [0.29, 0.717) is 36.4 Å². The molecule has 1 aliphatic heterocycles. The van der Waals surface area contributed by atoms with E-state index in [-0.39, 0.29) is 43.4 Å². The van der Waals surface area contributed by atoms with E-state index in [1.165, 1.54) is 31.0 Å². The van der Waals surface area contributed by atoms with Crippen LogP contribution < -0.4 is 26.3 Å². The quantitative estimate of drug-likeness (QED) is 0.154. The number of benzene rings is 3. The first-order valence-corrected chi connectivity index (χ1v) is 17.5. The predicted octanol–water partition coefficient (Wildman–Crippen LogP) is 4.28. The Kier molecular flexibility index (Phi) is 12.0. The predicted molar refractivity (Wildman–Crippen MR) is 200 cm³/mol. The van der Waals surface area contributed by atoms with Gasteiger partial charge in [-0.15, -0.1) is 0 Å². The molecule has 4 aromatic rings. The molecule has 0 bridgehead atoms. The highest BCUT2D eigenvalue weighted by molar-refractivity contribution is 6.05. The van der Waals surface area contributed by atoms with Gasteiger partial charge in [-0.05, 0) is 63.1 Å². The Morgan fingerprint density at radius 2 is 1.61 bits per heavy atom. The highest BCUT2D eigenvalue weighted by Crippen LogP contribution is 2.27. The summed E-state index contributed by atoms with van der Waals surface area (Å²) in [5.74, 6) is -3.61. The first kappa shape index (κ1) is 39.0. The molecule has 0 radical (unpaired) electrons. The second-order valence-corrected chi connectivity index (χ2v) is 13.5. The molecule has 4 N–H and O–H groups in total. The number of piperazine rings is 1. The van der Waals surface area contributed by atoms with Crippen molar-refractivity contribution in [3.63, 3.8) is 0 Å². The fourth-order valence-electron chi connectivity index (χ4n) is 6.00. The number of amides is 4. The normalized spacial score (nSPS) is 13.6. The first-order valence-electron chi connectivity index (χ1n) is 17.5. The molecule has 54 heavy (non-hydrogen) atoms. The molecule has 5 rings (SSSR count). The first-order chi connectivity index (χ1) is 25.7. The lowest BCUT2D eigenvalue weighted by Crippen LogP contribution is -2.49. The maximum Gasteiger partial charge on any atom is 0.410 e. The maximum absolute atomic E-state index is 15.2. The van der Waals surface area contributed by atoms with Gasteiger partial charge in [0, 0.05) is 50.0 Å². The topological polar surface area (TPSA) is 179 Å². The third-order valence-electron chi connectivity index (χ3n) is 9.39. The van der Waals surface area contributed by atoms with Crippen LogP contribution in [-0.4, -0.2) is 77.1 Å². The number of aryl methyl sites for hydroxylation is 1. The van der Waals surface area contributed by atoms with Crippen molar-refractivity contribution in [3.8, 4) is 0 Å². The van der Waals surface area contributed by atoms with Crippen LogP contribution in [0, 0.1) is 11.2 Å². The number of aromatic carboxylic acids is 1. The van der Waals surface area contributed by atoms with Gasteiger partial charge in [-0.3, -0.25) is 19.2 Å². The zero-order valence-electron chi connectivity index (χ0n) is 30.5. The summed E-state index contributed by atoms with van der Waals surface area (Å²) < 4.78 is 22.3. The van der Waals surface area contributed by atoms with Crippen LogP contribution in [0.3, 0.4) is 0 Å². The Hall–Kier alpha value is -6.25. The van der Waals surface area contributed by atoms with E-state index in [1.54, 1.807) is 40.7 Å². The Bertz CT molecular complexity index is 2110. The Balaban J connectivity index is 1.07. The van der Waals surface area contributed by atoms with Crippen molar-refractivity contribution in [2.24, 2.45) is 5.41 Å². The number of rotatable bonds is 12. The summed E-state index contributed by atoms with van der Waals surface area (Å²) in [4.78, 5) is 78.6. The van der Waals surface area contributed by atoms with Crippen molar-refractivity contribution in [3.05, 3.63) is 106 Å². The van der Waals surface area contributed by atoms with Crippen molar-refractivity contribution in [1.82, 2.24) is 20.1 Å². The number of nitrogens with one attached hydrogen (secondary N) is 3. The minimum Gasteiger partial charge on any atom is -0.477 e. The summed E-state index contributed by atoms with van der Waals surface area (Å²) in [7, 11) is 0. The molecule has 4 amide bonds. The standard InChI is InChI=1S/C39H43FN6O8/c1-5-44-22-29(35(49)50)34(48)28-19-30(40)32(20-31(28)44)45-15-17-46(18-16-45)38(53)54-23-25-11-13-27(14-12-25)43-33(47)21-41-36(51)39(3,4)37(52)42-24(2)26-9-7-6-8-10-26/h6-14,19-20,22,24H,5,15-18,21,23H2,1-4H3,(H,41,51)(H,42,52)(H,43,47)(H,49,50)/t24-/m1/s1. The van der Waals surface area contributed by atoms with E-state index >= 15 is 4.39 Å². The van der Waals surface area contributed by atoms with Crippen LogP contribution in [0.15, 0.2) is 77.7 Å². The summed E-state index contributed by atoms with van der Waals surface area (Å²) >= 11 is 0. The number of hydrogen-bond acceptors (Lipinski definition) is 8. The van der Waals surface area contributed by atoms with E-state index in [1.807, 2.05) is 37.3 Å². The second kappa shape index (κ2) is 16.6. The molecule has 284 valence electrons. The minimum absolute atomic E-state index is 0.0177. The van der Waals surface area contributed by atoms with Crippen LogP contribution in [0.4, 0.5) is 20.6 Å². The third-order valence-corrected chi connectivity index (χ3v) is 9.39. The summed E-state index contributed by atoms with van der Waals surface area (Å²) in [6, 6.07) is 18.3. The van der Waals surface area contributed by atoms with E-state index in [2.05, 4.69) is 16.0 Å². The number of hydrogen-bond donors (Lipinski definition) is 4. The highest BCUT2D eigenvalue weighted by Gasteiger charge is 2.37. The van der Waals surface area contributed by atoms with Gasteiger partial charge in [0.2, 0.25) is 23.2 Å². The molecule has 3 aromatic carbocycles. The van der Waals surface area contributed by atoms with Gasteiger partial charge in [-0.1, -0.05) is 42.5 Å². The number of pyridine rings is 1. The van der Waals surface area contributed by atoms with Crippen molar-refractivity contribution < 1.29 is 38.2 Å². The molecule has 0 aliphatic carbocycles. The lowest BCUT2D eigenvalue weighted by atomic mass is 9.90. The maximum atomic E-state index is 15.2. The lowest BCUT2D eigenvalue weighted by Gasteiger charge is -2.35. The van der Waals surface area contributed by atoms with Crippen LogP contribution in [0.25, 0.3) is 10.9 Å². The fraction of sp³-hybridized carbons (Fsp3) is 0.333. The van der Waals surface area contributed by atoms with Crippen molar-refractivity contribution in [2.45, 2.75) is 46.9 Å². The summed E-state index contributed by atoms with van der Waals surface area (Å²) in [6.45, 7) is 7.68. The smallest absolute Gasteiger partial charge is 0.410 e. The number of carbonyl (C=O) groups is 5. The SMILES string of the molecule is CCn1cc(C(=O)O)c(=O)c2cc(F)c(N3CCN(C(=O)OCc4ccc(NC(=O)CNC(=O)C(C)(C)C(=O)N[C@H](C)c5ccccc5)cc4)CC3)cc21. The summed E-state index contributed by atoms with van der Waals surface area (Å²) in [6.07, 6.45) is 0.711. The van der Waals surface area contributed by atoms with Gasteiger partial charge in [0.05, 0.1) is 23.8 Å². The Labute approximate surface area is 310 Å². The van der Waals surface area contributed by atoms with E-state index in [0.717, 1.165) is 11.6 Å². The molecule has 1 fully saturated rings. The zero-order valence-corrected chi connectivity index (χ0v) is 30.5. The molecule has 1 atom stereocenters. The number of carboxylic acids is 1. The average Bonchev–Trinajstić information content (AvgIpc) is 3.16. The molecule has 1 aliphatic rings. The molecular weight excluding hydrogens is 699 g/mol. The van der Waals surface area contributed by atoms with Crippen LogP contribution >= 0.6 is 0 Å². The number of nitrogens with zero attached hydrogens (tertiary/aromatic N) is 3. The average molecular weight is 743 g/mol. The summed E-state index contributed by atoms with van der Waals surface area (Å²) in [5.41, 5.74) is 0.0647. The van der Waals surface area contributed by atoms with Gasteiger partial charge in [0.15, 0.2) is 0 Å². The molecule has 15 heteroatoms. The van der Waals surface area contributed by atoms with E-state index < -0.39 is 52.0 Å². The van der Waals surface area contributed by atoms with Gasteiger partial charge in [-0.25, -0.2) is 14.0 Å². The van der Waals surface area contributed by atoms with Crippen molar-refractivity contribution in [1.29, 1.82) is 0 Å².